The number of nitrogens with zero attached hydrogens (tertiary/aromatic N) is 1. The van der Waals surface area contributed by atoms with Gasteiger partial charge in [-0.25, -0.2) is 0 Å². The number of hydrogen-bond acceptors (Lipinski definition) is 4. The summed E-state index contributed by atoms with van der Waals surface area (Å²) in [4.78, 5) is 3.26. The van der Waals surface area contributed by atoms with Crippen LogP contribution >= 0.6 is 24.0 Å². The van der Waals surface area contributed by atoms with E-state index in [2.05, 4.69) is 9.55 Å². The molecule has 1 aliphatic heterocycles. The van der Waals surface area contributed by atoms with Gasteiger partial charge in [0.2, 0.25) is 0 Å². The van der Waals surface area contributed by atoms with Crippen LogP contribution in [0.2, 0.25) is 0 Å². The fourth-order valence-corrected chi connectivity index (χ4v) is 4.19. The summed E-state index contributed by atoms with van der Waals surface area (Å²) in [5.74, 6) is 2.72. The monoisotopic (exact) mass is 310 g/mol. The lowest BCUT2D eigenvalue weighted by molar-refractivity contribution is 0.355. The Morgan fingerprint density at radius 2 is 2.10 bits per heavy atom. The molecule has 1 aromatic heterocycles. The number of thioether (sulfide) groups is 1. The number of ether oxygens (including phenoxy) is 2. The van der Waals surface area contributed by atoms with Gasteiger partial charge in [0.05, 0.1) is 25.3 Å². The number of rotatable bonds is 4. The molecule has 0 saturated carbocycles. The first kappa shape index (κ1) is 13.8. The van der Waals surface area contributed by atoms with E-state index in [0.717, 1.165) is 33.8 Å². The van der Waals surface area contributed by atoms with Crippen LogP contribution in [0.4, 0.5) is 0 Å². The zero-order valence-electron chi connectivity index (χ0n) is 11.6. The molecule has 0 amide bonds. The lowest BCUT2D eigenvalue weighted by Crippen LogP contribution is -2.09. The van der Waals surface area contributed by atoms with Gasteiger partial charge in [0.25, 0.3) is 0 Å². The third-order valence-electron chi connectivity index (χ3n) is 3.69. The van der Waals surface area contributed by atoms with E-state index < -0.39 is 0 Å². The van der Waals surface area contributed by atoms with Gasteiger partial charge in [0.15, 0.2) is 16.3 Å². The van der Waals surface area contributed by atoms with Crippen molar-refractivity contribution >= 4 is 35.0 Å². The van der Waals surface area contributed by atoms with Crippen LogP contribution in [0.1, 0.15) is 12.8 Å². The van der Waals surface area contributed by atoms with E-state index in [1.807, 2.05) is 23.9 Å². The molecule has 0 aliphatic carbocycles. The number of nitrogens with one attached hydrogen (secondary N) is 1. The first-order valence-corrected chi connectivity index (χ1v) is 8.14. The average molecular weight is 310 g/mol. The van der Waals surface area contributed by atoms with Gasteiger partial charge >= 0.3 is 0 Å². The number of aromatic nitrogens is 2. The molecule has 2 heterocycles. The smallest absolute Gasteiger partial charge is 0.178 e. The summed E-state index contributed by atoms with van der Waals surface area (Å²) in [6.45, 7) is 0.957. The van der Waals surface area contributed by atoms with Crippen molar-refractivity contribution in [2.24, 2.45) is 0 Å². The van der Waals surface area contributed by atoms with Crippen molar-refractivity contribution in [1.82, 2.24) is 9.55 Å². The number of aromatic amines is 1. The summed E-state index contributed by atoms with van der Waals surface area (Å²) < 4.78 is 13.7. The Hall–Kier alpha value is -1.14. The minimum atomic E-state index is 0.661. The van der Waals surface area contributed by atoms with Crippen molar-refractivity contribution in [1.29, 1.82) is 0 Å². The first-order valence-electron chi connectivity index (χ1n) is 6.69. The number of fused-ring (bicyclic) bond motifs is 1. The Balaban J connectivity index is 2.06. The first-order chi connectivity index (χ1) is 9.72. The second-order valence-corrected chi connectivity index (χ2v) is 6.70. The fourth-order valence-electron chi connectivity index (χ4n) is 2.66. The third kappa shape index (κ3) is 2.42. The molecule has 1 unspecified atom stereocenters. The Kier molecular flexibility index (Phi) is 3.94. The number of benzene rings is 1. The van der Waals surface area contributed by atoms with Gasteiger partial charge in [-0.05, 0) is 30.8 Å². The van der Waals surface area contributed by atoms with Crippen LogP contribution in [0.15, 0.2) is 12.1 Å². The summed E-state index contributed by atoms with van der Waals surface area (Å²) >= 11 is 7.50. The lowest BCUT2D eigenvalue weighted by atomic mass is 10.2. The molecule has 0 radical (unpaired) electrons. The van der Waals surface area contributed by atoms with Gasteiger partial charge < -0.3 is 19.0 Å². The molecule has 2 aromatic rings. The van der Waals surface area contributed by atoms with Gasteiger partial charge in [-0.2, -0.15) is 11.8 Å². The van der Waals surface area contributed by atoms with Crippen LogP contribution in [-0.4, -0.2) is 34.8 Å². The minimum Gasteiger partial charge on any atom is -0.493 e. The Morgan fingerprint density at radius 1 is 1.35 bits per heavy atom. The highest BCUT2D eigenvalue weighted by atomic mass is 32.2. The topological polar surface area (TPSA) is 39.2 Å². The predicted molar refractivity (Wildman–Crippen MR) is 85.7 cm³/mol. The standard InChI is InChI=1S/C14H18N2O2S2/c1-17-12-6-10-11(7-13(12)18-2)16(14(19)15-10)8-9-4-3-5-20-9/h6-7,9H,3-5,8H2,1-2H3,(H,15,19). The minimum absolute atomic E-state index is 0.661. The molecule has 1 aliphatic rings. The van der Waals surface area contributed by atoms with Crippen molar-refractivity contribution < 1.29 is 9.47 Å². The third-order valence-corrected chi connectivity index (χ3v) is 5.39. The molecule has 1 atom stereocenters. The number of imidazole rings is 1. The second kappa shape index (κ2) is 5.69. The van der Waals surface area contributed by atoms with Crippen molar-refractivity contribution in [3.8, 4) is 11.5 Å². The van der Waals surface area contributed by atoms with Gasteiger partial charge in [0, 0.05) is 23.9 Å². The van der Waals surface area contributed by atoms with Crippen molar-refractivity contribution in [2.45, 2.75) is 24.6 Å². The summed E-state index contributed by atoms with van der Waals surface area (Å²) in [5.41, 5.74) is 2.08. The van der Waals surface area contributed by atoms with Gasteiger partial charge in [-0.15, -0.1) is 0 Å². The molecule has 4 nitrogen and oxygen atoms in total. The Morgan fingerprint density at radius 3 is 2.75 bits per heavy atom. The van der Waals surface area contributed by atoms with Crippen molar-refractivity contribution in [3.63, 3.8) is 0 Å². The maximum atomic E-state index is 5.46. The molecule has 1 N–H and O–H groups in total. The van der Waals surface area contributed by atoms with Crippen LogP contribution in [0.3, 0.4) is 0 Å². The van der Waals surface area contributed by atoms with E-state index in [1.165, 1.54) is 18.6 Å². The van der Waals surface area contributed by atoms with Gasteiger partial charge in [-0.3, -0.25) is 0 Å². The maximum Gasteiger partial charge on any atom is 0.178 e. The van der Waals surface area contributed by atoms with E-state index in [9.17, 15) is 0 Å². The van der Waals surface area contributed by atoms with E-state index >= 15 is 0 Å². The highest BCUT2D eigenvalue weighted by molar-refractivity contribution is 8.00. The molecule has 6 heteroatoms. The zero-order chi connectivity index (χ0) is 14.1. The van der Waals surface area contributed by atoms with Crippen LogP contribution in [0, 0.1) is 4.77 Å². The van der Waals surface area contributed by atoms with Gasteiger partial charge in [-0.1, -0.05) is 0 Å². The van der Waals surface area contributed by atoms with E-state index in [1.54, 1.807) is 14.2 Å². The normalized spacial score (nSPS) is 18.6. The maximum absolute atomic E-state index is 5.46. The molecular formula is C14H18N2O2S2. The van der Waals surface area contributed by atoms with Crippen LogP contribution in [-0.2, 0) is 6.54 Å². The summed E-state index contributed by atoms with van der Waals surface area (Å²) in [7, 11) is 3.30. The molecule has 0 bridgehead atoms. The Bertz CT molecular complexity index is 672. The molecule has 1 aromatic carbocycles. The quantitative estimate of drug-likeness (QED) is 0.876. The van der Waals surface area contributed by atoms with Crippen molar-refractivity contribution in [3.05, 3.63) is 16.9 Å². The highest BCUT2D eigenvalue weighted by Gasteiger charge is 2.18. The lowest BCUT2D eigenvalue weighted by Gasteiger charge is -2.12. The number of methoxy groups -OCH3 is 2. The van der Waals surface area contributed by atoms with Crippen LogP contribution < -0.4 is 9.47 Å². The highest BCUT2D eigenvalue weighted by Crippen LogP contribution is 2.33. The molecule has 1 saturated heterocycles. The molecule has 20 heavy (non-hydrogen) atoms. The average Bonchev–Trinajstić information content (AvgIpc) is 3.06. The summed E-state index contributed by atoms with van der Waals surface area (Å²) in [5, 5.41) is 0.661. The SMILES string of the molecule is COc1cc2[nH]c(=S)n(CC3CCCS3)c2cc1OC. The summed E-state index contributed by atoms with van der Waals surface area (Å²) in [6.07, 6.45) is 2.58. The zero-order valence-corrected chi connectivity index (χ0v) is 13.3. The predicted octanol–water partition coefficient (Wildman–Crippen LogP) is 3.61. The van der Waals surface area contributed by atoms with E-state index in [0.29, 0.717) is 5.25 Å². The molecule has 0 spiro atoms. The molecule has 108 valence electrons. The van der Waals surface area contributed by atoms with Crippen molar-refractivity contribution in [2.75, 3.05) is 20.0 Å². The van der Waals surface area contributed by atoms with Gasteiger partial charge in [0.1, 0.15) is 0 Å². The molecule has 3 rings (SSSR count). The van der Waals surface area contributed by atoms with E-state index in [-0.39, 0.29) is 0 Å². The van der Waals surface area contributed by atoms with E-state index in [4.69, 9.17) is 21.7 Å². The largest absolute Gasteiger partial charge is 0.493 e. The van der Waals surface area contributed by atoms with Crippen LogP contribution in [0.5, 0.6) is 11.5 Å². The van der Waals surface area contributed by atoms with Crippen LogP contribution in [0.25, 0.3) is 11.0 Å². The molecular weight excluding hydrogens is 292 g/mol. The fraction of sp³-hybridized carbons (Fsp3) is 0.500. The number of H-pyrrole nitrogens is 1. The summed E-state index contributed by atoms with van der Waals surface area (Å²) in [6, 6.07) is 3.95. The second-order valence-electron chi connectivity index (χ2n) is 4.90. The Labute approximate surface area is 127 Å². The number of hydrogen-bond donors (Lipinski definition) is 1. The molecule has 1 fully saturated rings.